The summed E-state index contributed by atoms with van der Waals surface area (Å²) in [5.74, 6) is 0. The first-order valence-corrected chi connectivity index (χ1v) is 4.80. The van der Waals surface area contributed by atoms with Crippen LogP contribution in [0.3, 0.4) is 0 Å². The lowest BCUT2D eigenvalue weighted by Crippen LogP contribution is -1.87. The van der Waals surface area contributed by atoms with Gasteiger partial charge in [0.25, 0.3) is 0 Å². The molecule has 2 aromatic heterocycles. The van der Waals surface area contributed by atoms with Crippen molar-refractivity contribution in [3.63, 3.8) is 0 Å². The van der Waals surface area contributed by atoms with Crippen molar-refractivity contribution in [2.45, 2.75) is 6.67 Å². The molecule has 0 aliphatic carbocycles. The third-order valence-electron chi connectivity index (χ3n) is 2.59. The topological polar surface area (TPSA) is 28.7 Å². The molecule has 0 aliphatic heterocycles. The zero-order valence-electron chi connectivity index (χ0n) is 8.00. The van der Waals surface area contributed by atoms with E-state index in [1.807, 2.05) is 24.3 Å². The van der Waals surface area contributed by atoms with Gasteiger partial charge in [-0.25, -0.2) is 4.39 Å². The van der Waals surface area contributed by atoms with Crippen LogP contribution in [0.5, 0.6) is 0 Å². The maximum absolute atomic E-state index is 12.5. The summed E-state index contributed by atoms with van der Waals surface area (Å²) in [5.41, 5.74) is 2.40. The van der Waals surface area contributed by atoms with Crippen molar-refractivity contribution in [1.82, 2.24) is 9.97 Å². The van der Waals surface area contributed by atoms with Gasteiger partial charge in [-0.2, -0.15) is 0 Å². The summed E-state index contributed by atoms with van der Waals surface area (Å²) in [7, 11) is 0. The molecular formula is C12H9FN2. The van der Waals surface area contributed by atoms with Crippen LogP contribution in [0.1, 0.15) is 5.69 Å². The maximum atomic E-state index is 12.5. The van der Waals surface area contributed by atoms with Crippen molar-refractivity contribution in [2.75, 3.05) is 0 Å². The number of rotatable bonds is 1. The summed E-state index contributed by atoms with van der Waals surface area (Å²) in [4.78, 5) is 7.34. The fourth-order valence-corrected chi connectivity index (χ4v) is 1.83. The van der Waals surface area contributed by atoms with Crippen LogP contribution in [0.15, 0.2) is 36.5 Å². The average molecular weight is 200 g/mol. The van der Waals surface area contributed by atoms with Crippen LogP contribution in [0, 0.1) is 0 Å². The molecule has 1 aromatic carbocycles. The Morgan fingerprint density at radius 3 is 2.73 bits per heavy atom. The number of benzene rings is 1. The van der Waals surface area contributed by atoms with Crippen molar-refractivity contribution in [3.8, 4) is 0 Å². The quantitative estimate of drug-likeness (QED) is 0.642. The largest absolute Gasteiger partial charge is 0.354 e. The molecule has 0 amide bonds. The highest BCUT2D eigenvalue weighted by atomic mass is 19.1. The lowest BCUT2D eigenvalue weighted by Gasteiger charge is -2.02. The van der Waals surface area contributed by atoms with Gasteiger partial charge in [0.15, 0.2) is 0 Å². The van der Waals surface area contributed by atoms with E-state index in [0.29, 0.717) is 5.69 Å². The van der Waals surface area contributed by atoms with Gasteiger partial charge in [-0.05, 0) is 12.1 Å². The van der Waals surface area contributed by atoms with Crippen LogP contribution in [0.2, 0.25) is 0 Å². The SMILES string of the molecule is FCc1ccc2ccc3ccnc3c2[nH]1. The van der Waals surface area contributed by atoms with E-state index in [4.69, 9.17) is 0 Å². The van der Waals surface area contributed by atoms with Gasteiger partial charge in [-0.1, -0.05) is 18.2 Å². The normalized spacial score (nSPS) is 11.3. The third kappa shape index (κ3) is 1.20. The predicted molar refractivity (Wildman–Crippen MR) is 58.4 cm³/mol. The van der Waals surface area contributed by atoms with Crippen LogP contribution in [-0.4, -0.2) is 9.97 Å². The highest BCUT2D eigenvalue weighted by molar-refractivity contribution is 6.02. The molecular weight excluding hydrogens is 191 g/mol. The smallest absolute Gasteiger partial charge is 0.129 e. The highest BCUT2D eigenvalue weighted by Crippen LogP contribution is 2.22. The monoisotopic (exact) mass is 200 g/mol. The van der Waals surface area contributed by atoms with Crippen molar-refractivity contribution in [2.24, 2.45) is 0 Å². The van der Waals surface area contributed by atoms with Crippen LogP contribution in [0.4, 0.5) is 4.39 Å². The second kappa shape index (κ2) is 3.05. The fraction of sp³-hybridized carbons (Fsp3) is 0.0833. The lowest BCUT2D eigenvalue weighted by atomic mass is 10.1. The summed E-state index contributed by atoms with van der Waals surface area (Å²) in [5, 5.41) is 2.13. The van der Waals surface area contributed by atoms with E-state index in [1.54, 1.807) is 12.3 Å². The summed E-state index contributed by atoms with van der Waals surface area (Å²) in [6.07, 6.45) is 1.76. The van der Waals surface area contributed by atoms with Crippen LogP contribution in [-0.2, 0) is 6.67 Å². The number of halogens is 1. The molecule has 0 atom stereocenters. The molecule has 0 unspecified atom stereocenters. The molecule has 74 valence electrons. The van der Waals surface area contributed by atoms with Crippen molar-refractivity contribution < 1.29 is 4.39 Å². The standard InChI is InChI=1S/C12H9FN2/c13-7-10-4-3-8-1-2-9-5-6-14-11(9)12(8)15-10/h1-6,15H,7H2. The second-order valence-electron chi connectivity index (χ2n) is 3.53. The van der Waals surface area contributed by atoms with Crippen LogP contribution in [0.25, 0.3) is 21.8 Å². The van der Waals surface area contributed by atoms with E-state index in [2.05, 4.69) is 9.97 Å². The molecule has 3 heteroatoms. The number of alkyl halides is 1. The zero-order valence-corrected chi connectivity index (χ0v) is 8.00. The maximum Gasteiger partial charge on any atom is 0.129 e. The van der Waals surface area contributed by atoms with Gasteiger partial charge in [-0.3, -0.25) is 4.98 Å². The summed E-state index contributed by atoms with van der Waals surface area (Å²) < 4.78 is 12.5. The van der Waals surface area contributed by atoms with Crippen LogP contribution < -0.4 is 0 Å². The molecule has 0 fully saturated rings. The third-order valence-corrected chi connectivity index (χ3v) is 2.59. The molecule has 0 saturated carbocycles. The Bertz CT molecular complexity index is 628. The number of aromatic amines is 1. The molecule has 0 bridgehead atoms. The average Bonchev–Trinajstić information content (AvgIpc) is 2.76. The van der Waals surface area contributed by atoms with Gasteiger partial charge in [0.1, 0.15) is 6.67 Å². The van der Waals surface area contributed by atoms with E-state index >= 15 is 0 Å². The van der Waals surface area contributed by atoms with Crippen molar-refractivity contribution in [3.05, 3.63) is 42.2 Å². The number of H-pyrrole nitrogens is 1. The number of nitrogens with one attached hydrogen (secondary N) is 1. The van der Waals surface area contributed by atoms with E-state index in [1.165, 1.54) is 0 Å². The van der Waals surface area contributed by atoms with Crippen LogP contribution >= 0.6 is 0 Å². The fourth-order valence-electron chi connectivity index (χ4n) is 1.83. The number of pyridine rings is 1. The number of hydrogen-bond donors (Lipinski definition) is 1. The molecule has 2 nitrogen and oxygen atoms in total. The van der Waals surface area contributed by atoms with Gasteiger partial charge in [0, 0.05) is 22.7 Å². The predicted octanol–water partition coefficient (Wildman–Crippen LogP) is 3.19. The molecule has 3 aromatic rings. The number of hydrogen-bond acceptors (Lipinski definition) is 1. The first-order valence-electron chi connectivity index (χ1n) is 4.80. The molecule has 15 heavy (non-hydrogen) atoms. The van der Waals surface area contributed by atoms with Crippen molar-refractivity contribution >= 4 is 21.8 Å². The Hall–Kier alpha value is -1.90. The first-order chi connectivity index (χ1) is 7.38. The molecule has 1 N–H and O–H groups in total. The molecule has 3 rings (SSSR count). The lowest BCUT2D eigenvalue weighted by molar-refractivity contribution is 0.477. The molecule has 0 spiro atoms. The van der Waals surface area contributed by atoms with Crippen molar-refractivity contribution in [1.29, 1.82) is 0 Å². The number of aromatic nitrogens is 2. The molecule has 0 aliphatic rings. The Morgan fingerprint density at radius 1 is 1.07 bits per heavy atom. The number of nitrogens with zero attached hydrogens (tertiary/aromatic N) is 1. The minimum absolute atomic E-state index is 0.479. The Balaban J connectivity index is 2.48. The van der Waals surface area contributed by atoms with E-state index in [9.17, 15) is 4.39 Å². The Morgan fingerprint density at radius 2 is 1.87 bits per heavy atom. The highest BCUT2D eigenvalue weighted by Gasteiger charge is 2.03. The van der Waals surface area contributed by atoms with E-state index in [0.717, 1.165) is 21.8 Å². The molecule has 0 saturated heterocycles. The minimum atomic E-state index is -0.479. The second-order valence-corrected chi connectivity index (χ2v) is 3.53. The molecule has 0 radical (unpaired) electrons. The van der Waals surface area contributed by atoms with E-state index < -0.39 is 6.67 Å². The van der Waals surface area contributed by atoms with Gasteiger partial charge in [0.2, 0.25) is 0 Å². The minimum Gasteiger partial charge on any atom is -0.354 e. The van der Waals surface area contributed by atoms with Gasteiger partial charge in [-0.15, -0.1) is 0 Å². The van der Waals surface area contributed by atoms with Gasteiger partial charge >= 0.3 is 0 Å². The summed E-state index contributed by atoms with van der Waals surface area (Å²) >= 11 is 0. The molecule has 2 heterocycles. The first kappa shape index (κ1) is 8.41. The van der Waals surface area contributed by atoms with E-state index in [-0.39, 0.29) is 0 Å². The Labute approximate surface area is 85.8 Å². The summed E-state index contributed by atoms with van der Waals surface area (Å²) in [6, 6.07) is 9.65. The Kier molecular flexibility index (Phi) is 1.71. The van der Waals surface area contributed by atoms with Gasteiger partial charge < -0.3 is 4.98 Å². The zero-order chi connectivity index (χ0) is 10.3. The summed E-state index contributed by atoms with van der Waals surface area (Å²) in [6.45, 7) is -0.479. The number of fused-ring (bicyclic) bond motifs is 3. The van der Waals surface area contributed by atoms with Gasteiger partial charge in [0.05, 0.1) is 11.0 Å².